The van der Waals surface area contributed by atoms with Crippen molar-refractivity contribution in [1.29, 1.82) is 0 Å². The van der Waals surface area contributed by atoms with Crippen molar-refractivity contribution in [2.45, 2.75) is 46.4 Å². The number of hydrogen-bond acceptors (Lipinski definition) is 2. The van der Waals surface area contributed by atoms with Crippen molar-refractivity contribution in [2.24, 2.45) is 11.3 Å². The molecule has 1 N–H and O–H groups in total. The molecule has 3 nitrogen and oxygen atoms in total. The summed E-state index contributed by atoms with van der Waals surface area (Å²) in [6.45, 7) is 11.7. The summed E-state index contributed by atoms with van der Waals surface area (Å²) in [7, 11) is -0.770. The smallest absolute Gasteiger partial charge is 0.227 e. The molecule has 1 unspecified atom stereocenters. The lowest BCUT2D eigenvalue weighted by Crippen LogP contribution is -2.54. The van der Waals surface area contributed by atoms with Gasteiger partial charge in [0.1, 0.15) is 0 Å². The Morgan fingerprint density at radius 2 is 2.20 bits per heavy atom. The van der Waals surface area contributed by atoms with Gasteiger partial charge in [-0.2, -0.15) is 0 Å². The second-order valence-corrected chi connectivity index (χ2v) is 7.61. The predicted molar refractivity (Wildman–Crippen MR) is 62.9 cm³/mol. The predicted octanol–water partition coefficient (Wildman–Crippen LogP) is 1.80. The van der Waals surface area contributed by atoms with Crippen LogP contribution >= 0.6 is 0 Å². The zero-order valence-corrected chi connectivity index (χ0v) is 11.4. The van der Waals surface area contributed by atoms with Crippen LogP contribution in [0.1, 0.15) is 27.7 Å². The highest BCUT2D eigenvalue weighted by Crippen LogP contribution is 2.24. The first-order chi connectivity index (χ1) is 6.79. The van der Waals surface area contributed by atoms with Gasteiger partial charge in [-0.15, -0.1) is 0 Å². The number of rotatable bonds is 4. The molecule has 1 aliphatic heterocycles. The average molecular weight is 228 g/mol. The number of nitrogens with one attached hydrogen (secondary N) is 1. The molecular weight excluding hydrogens is 206 g/mol. The maximum atomic E-state index is 11.2. The molecule has 87 valence electrons. The van der Waals surface area contributed by atoms with Crippen LogP contribution < -0.4 is 5.32 Å². The van der Waals surface area contributed by atoms with Crippen molar-refractivity contribution in [3.63, 3.8) is 0 Å². The van der Waals surface area contributed by atoms with Gasteiger partial charge >= 0.3 is 0 Å². The molecular formula is C11H22NO2Si. The van der Waals surface area contributed by atoms with Crippen LogP contribution in [0, 0.1) is 11.3 Å². The van der Waals surface area contributed by atoms with E-state index in [0.717, 1.165) is 12.6 Å². The van der Waals surface area contributed by atoms with Crippen LogP contribution in [-0.4, -0.2) is 27.6 Å². The van der Waals surface area contributed by atoms with E-state index in [1.807, 2.05) is 6.92 Å². The van der Waals surface area contributed by atoms with E-state index in [1.165, 1.54) is 0 Å². The van der Waals surface area contributed by atoms with E-state index >= 15 is 0 Å². The van der Waals surface area contributed by atoms with E-state index in [-0.39, 0.29) is 17.9 Å². The van der Waals surface area contributed by atoms with E-state index < -0.39 is 9.04 Å². The first kappa shape index (κ1) is 12.7. The summed E-state index contributed by atoms with van der Waals surface area (Å²) in [5.74, 6) is 0.234. The van der Waals surface area contributed by atoms with Gasteiger partial charge in [0.05, 0.1) is 12.0 Å². The Morgan fingerprint density at radius 3 is 2.53 bits per heavy atom. The molecule has 0 aromatic rings. The van der Waals surface area contributed by atoms with Gasteiger partial charge < -0.3 is 9.74 Å². The molecule has 0 bridgehead atoms. The molecule has 0 aliphatic carbocycles. The highest BCUT2D eigenvalue weighted by Gasteiger charge is 2.34. The SMILES string of the molecule is C[C@@H](O[Si](C)CC(C)(C)C)C1CNC1=O. The molecule has 1 heterocycles. The van der Waals surface area contributed by atoms with Gasteiger partial charge in [-0.1, -0.05) is 20.8 Å². The molecule has 1 amide bonds. The second-order valence-electron chi connectivity index (χ2n) is 5.61. The van der Waals surface area contributed by atoms with E-state index in [4.69, 9.17) is 4.43 Å². The van der Waals surface area contributed by atoms with Gasteiger partial charge in [0.25, 0.3) is 0 Å². The summed E-state index contributed by atoms with van der Waals surface area (Å²) in [5.41, 5.74) is 0.324. The minimum Gasteiger partial charge on any atom is -0.413 e. The Hall–Kier alpha value is -0.353. The van der Waals surface area contributed by atoms with Crippen LogP contribution in [-0.2, 0) is 9.22 Å². The summed E-state index contributed by atoms with van der Waals surface area (Å²) < 4.78 is 5.94. The number of hydrogen-bond donors (Lipinski definition) is 1. The van der Waals surface area contributed by atoms with E-state index in [9.17, 15) is 4.79 Å². The first-order valence-corrected chi connectivity index (χ1v) is 7.68. The summed E-state index contributed by atoms with van der Waals surface area (Å²) in [6, 6.07) is 1.12. The summed E-state index contributed by atoms with van der Waals surface area (Å²) in [4.78, 5) is 11.2. The first-order valence-electron chi connectivity index (χ1n) is 5.56. The fourth-order valence-corrected chi connectivity index (χ4v) is 4.25. The lowest BCUT2D eigenvalue weighted by Gasteiger charge is -2.33. The van der Waals surface area contributed by atoms with Gasteiger partial charge in [0.2, 0.25) is 14.9 Å². The second kappa shape index (κ2) is 4.66. The van der Waals surface area contributed by atoms with E-state index in [0.29, 0.717) is 5.41 Å². The lowest BCUT2D eigenvalue weighted by atomic mass is 9.97. The van der Waals surface area contributed by atoms with Crippen molar-refractivity contribution < 1.29 is 9.22 Å². The van der Waals surface area contributed by atoms with Crippen molar-refractivity contribution in [1.82, 2.24) is 5.32 Å². The average Bonchev–Trinajstić information content (AvgIpc) is 1.97. The van der Waals surface area contributed by atoms with Crippen molar-refractivity contribution in [3.8, 4) is 0 Å². The molecule has 0 aromatic carbocycles. The molecule has 0 spiro atoms. The maximum Gasteiger partial charge on any atom is 0.227 e. The van der Waals surface area contributed by atoms with Crippen molar-refractivity contribution >= 4 is 14.9 Å². The monoisotopic (exact) mass is 228 g/mol. The van der Waals surface area contributed by atoms with Crippen LogP contribution in [0.4, 0.5) is 0 Å². The van der Waals surface area contributed by atoms with Gasteiger partial charge in [0, 0.05) is 6.54 Å². The van der Waals surface area contributed by atoms with Gasteiger partial charge in [-0.25, -0.2) is 0 Å². The van der Waals surface area contributed by atoms with Crippen molar-refractivity contribution in [2.75, 3.05) is 6.54 Å². The van der Waals surface area contributed by atoms with Crippen molar-refractivity contribution in [3.05, 3.63) is 0 Å². The molecule has 1 radical (unpaired) electrons. The maximum absolute atomic E-state index is 11.2. The molecule has 0 saturated carbocycles. The Bertz CT molecular complexity index is 237. The van der Waals surface area contributed by atoms with E-state index in [2.05, 4.69) is 32.6 Å². The van der Waals surface area contributed by atoms with Crippen LogP contribution in [0.3, 0.4) is 0 Å². The highest BCUT2D eigenvalue weighted by molar-refractivity contribution is 6.50. The fourth-order valence-electron chi connectivity index (χ4n) is 1.87. The number of β-lactam (4-membered cyclic amide) rings is 1. The quantitative estimate of drug-likeness (QED) is 0.588. The molecule has 0 aromatic heterocycles. The minimum atomic E-state index is -0.770. The normalized spacial score (nSPS) is 23.6. The summed E-state index contributed by atoms with van der Waals surface area (Å²) in [6.07, 6.45) is 0.0833. The molecule has 1 fully saturated rings. The molecule has 2 atom stereocenters. The third-order valence-electron chi connectivity index (χ3n) is 2.57. The summed E-state index contributed by atoms with van der Waals surface area (Å²) >= 11 is 0. The molecule has 15 heavy (non-hydrogen) atoms. The topological polar surface area (TPSA) is 38.3 Å². The number of amides is 1. The third kappa shape index (κ3) is 3.95. The van der Waals surface area contributed by atoms with Crippen LogP contribution in [0.15, 0.2) is 0 Å². The zero-order chi connectivity index (χ0) is 11.6. The van der Waals surface area contributed by atoms with Crippen LogP contribution in [0.25, 0.3) is 0 Å². The number of carbonyl (C=O) groups is 1. The van der Waals surface area contributed by atoms with Crippen LogP contribution in [0.5, 0.6) is 0 Å². The molecule has 4 heteroatoms. The molecule has 1 rings (SSSR count). The number of carbonyl (C=O) groups excluding carboxylic acids is 1. The Labute approximate surface area is 94.3 Å². The highest BCUT2D eigenvalue weighted by atomic mass is 28.3. The Balaban J connectivity index is 2.31. The third-order valence-corrected chi connectivity index (χ3v) is 4.90. The van der Waals surface area contributed by atoms with E-state index in [1.54, 1.807) is 0 Å². The van der Waals surface area contributed by atoms with Gasteiger partial charge in [0.15, 0.2) is 0 Å². The largest absolute Gasteiger partial charge is 0.413 e. The minimum absolute atomic E-state index is 0.0833. The van der Waals surface area contributed by atoms with Crippen LogP contribution in [0.2, 0.25) is 12.6 Å². The van der Waals surface area contributed by atoms with Gasteiger partial charge in [-0.05, 0) is 24.9 Å². The molecule has 1 saturated heterocycles. The zero-order valence-electron chi connectivity index (χ0n) is 10.4. The molecule has 1 aliphatic rings. The Morgan fingerprint density at radius 1 is 1.60 bits per heavy atom. The Kier molecular flexibility index (Phi) is 3.95. The summed E-state index contributed by atoms with van der Waals surface area (Å²) in [5, 5.41) is 2.75. The fraction of sp³-hybridized carbons (Fsp3) is 0.909. The van der Waals surface area contributed by atoms with Gasteiger partial charge in [-0.3, -0.25) is 4.79 Å². The lowest BCUT2D eigenvalue weighted by molar-refractivity contribution is -0.134. The standard InChI is InChI=1S/C11H22NO2Si/c1-8(9-6-12-10(9)13)14-15(5)7-11(2,3)4/h8-9H,6-7H2,1-5H3,(H,12,13)/t8-,9?/m1/s1.